The third-order valence-electron chi connectivity index (χ3n) is 2.82. The molecule has 0 bridgehead atoms. The summed E-state index contributed by atoms with van der Waals surface area (Å²) >= 11 is 1.78. The fourth-order valence-corrected chi connectivity index (χ4v) is 2.61. The molecule has 0 aliphatic carbocycles. The lowest BCUT2D eigenvalue weighted by molar-refractivity contribution is -0.130. The Hall–Kier alpha value is -1.82. The summed E-state index contributed by atoms with van der Waals surface area (Å²) in [5, 5.41) is 6.52. The number of H-pyrrole nitrogens is 1. The molecule has 20 heavy (non-hydrogen) atoms. The Labute approximate surface area is 122 Å². The molecule has 0 aliphatic heterocycles. The van der Waals surface area contributed by atoms with Crippen molar-refractivity contribution in [1.82, 2.24) is 20.1 Å². The van der Waals surface area contributed by atoms with E-state index in [4.69, 9.17) is 0 Å². The number of amides is 1. The molecule has 0 spiro atoms. The Morgan fingerprint density at radius 3 is 2.85 bits per heavy atom. The highest BCUT2D eigenvalue weighted by atomic mass is 32.2. The van der Waals surface area contributed by atoms with E-state index in [-0.39, 0.29) is 5.91 Å². The molecule has 2 rings (SSSR count). The first-order valence-corrected chi connectivity index (χ1v) is 7.50. The third-order valence-corrected chi connectivity index (χ3v) is 3.92. The van der Waals surface area contributed by atoms with Gasteiger partial charge in [0, 0.05) is 18.4 Å². The topological polar surface area (TPSA) is 61.9 Å². The van der Waals surface area contributed by atoms with Crippen molar-refractivity contribution >= 4 is 17.7 Å². The molecule has 1 amide bonds. The number of nitrogens with zero attached hydrogens (tertiary/aromatic N) is 3. The highest BCUT2D eigenvalue weighted by Crippen LogP contribution is 2.18. The van der Waals surface area contributed by atoms with Crippen molar-refractivity contribution in [2.75, 3.05) is 12.8 Å². The van der Waals surface area contributed by atoms with Gasteiger partial charge in [0.25, 0.3) is 0 Å². The van der Waals surface area contributed by atoms with Crippen molar-refractivity contribution < 1.29 is 4.79 Å². The molecule has 6 heteroatoms. The van der Waals surface area contributed by atoms with Gasteiger partial charge in [-0.2, -0.15) is 5.10 Å². The number of carbonyl (C=O) groups is 1. The molecule has 0 aliphatic rings. The van der Waals surface area contributed by atoms with Crippen molar-refractivity contribution in [3.63, 3.8) is 0 Å². The summed E-state index contributed by atoms with van der Waals surface area (Å²) in [7, 11) is 1.79. The second-order valence-corrected chi connectivity index (χ2v) is 5.62. The van der Waals surface area contributed by atoms with Crippen molar-refractivity contribution in [3.05, 3.63) is 42.5 Å². The second kappa shape index (κ2) is 7.69. The van der Waals surface area contributed by atoms with Crippen LogP contribution in [0.2, 0.25) is 0 Å². The van der Waals surface area contributed by atoms with Crippen molar-refractivity contribution in [1.29, 1.82) is 0 Å². The minimum atomic E-state index is 0.134. The number of aromatic nitrogens is 3. The number of carbonyl (C=O) groups excluding carboxylic acids is 1. The van der Waals surface area contributed by atoms with Crippen molar-refractivity contribution in [2.24, 2.45) is 0 Å². The first-order chi connectivity index (χ1) is 9.75. The van der Waals surface area contributed by atoms with E-state index in [2.05, 4.69) is 27.3 Å². The SMILES string of the molecule is CN(Cc1ncn[nH]1)C(=O)CCCSc1ccccc1. The minimum Gasteiger partial charge on any atom is -0.338 e. The van der Waals surface area contributed by atoms with E-state index in [1.807, 2.05) is 18.2 Å². The molecular formula is C14H18N4OS. The smallest absolute Gasteiger partial charge is 0.222 e. The summed E-state index contributed by atoms with van der Waals surface area (Å²) in [6.45, 7) is 0.477. The van der Waals surface area contributed by atoms with Gasteiger partial charge in [-0.1, -0.05) is 18.2 Å². The lowest BCUT2D eigenvalue weighted by atomic mass is 10.3. The second-order valence-electron chi connectivity index (χ2n) is 4.45. The van der Waals surface area contributed by atoms with E-state index >= 15 is 0 Å². The molecule has 106 valence electrons. The average molecular weight is 290 g/mol. The number of thioether (sulfide) groups is 1. The van der Waals surface area contributed by atoms with Gasteiger partial charge in [0.1, 0.15) is 12.2 Å². The van der Waals surface area contributed by atoms with Gasteiger partial charge < -0.3 is 4.90 Å². The zero-order valence-corrected chi connectivity index (χ0v) is 12.3. The third kappa shape index (κ3) is 4.70. The van der Waals surface area contributed by atoms with Crippen LogP contribution in [0.3, 0.4) is 0 Å². The van der Waals surface area contributed by atoms with Gasteiger partial charge in [-0.05, 0) is 24.3 Å². The van der Waals surface area contributed by atoms with Crippen LogP contribution < -0.4 is 0 Å². The van der Waals surface area contributed by atoms with Gasteiger partial charge in [0.05, 0.1) is 6.54 Å². The predicted octanol–water partition coefficient (Wildman–Crippen LogP) is 2.34. The number of benzene rings is 1. The summed E-state index contributed by atoms with van der Waals surface area (Å²) in [5.74, 6) is 1.79. The van der Waals surface area contributed by atoms with Gasteiger partial charge in [0.15, 0.2) is 0 Å². The molecule has 0 fully saturated rings. The Balaban J connectivity index is 1.65. The Morgan fingerprint density at radius 2 is 2.15 bits per heavy atom. The van der Waals surface area contributed by atoms with Crippen LogP contribution in [0.1, 0.15) is 18.7 Å². The monoisotopic (exact) mass is 290 g/mol. The normalized spacial score (nSPS) is 10.4. The van der Waals surface area contributed by atoms with Crippen LogP contribution in [0.4, 0.5) is 0 Å². The van der Waals surface area contributed by atoms with Gasteiger partial charge in [0.2, 0.25) is 5.91 Å². The summed E-state index contributed by atoms with van der Waals surface area (Å²) in [5.41, 5.74) is 0. The summed E-state index contributed by atoms with van der Waals surface area (Å²) in [4.78, 5) is 18.9. The lowest BCUT2D eigenvalue weighted by Crippen LogP contribution is -2.26. The molecule has 0 unspecified atom stereocenters. The van der Waals surface area contributed by atoms with Gasteiger partial charge in [-0.3, -0.25) is 9.89 Å². The Morgan fingerprint density at radius 1 is 1.35 bits per heavy atom. The van der Waals surface area contributed by atoms with Crippen LogP contribution >= 0.6 is 11.8 Å². The van der Waals surface area contributed by atoms with E-state index in [1.165, 1.54) is 11.2 Å². The van der Waals surface area contributed by atoms with Gasteiger partial charge in [-0.15, -0.1) is 11.8 Å². The number of nitrogens with one attached hydrogen (secondary N) is 1. The van der Waals surface area contributed by atoms with Crippen LogP contribution in [0.15, 0.2) is 41.6 Å². The largest absolute Gasteiger partial charge is 0.338 e. The molecule has 1 heterocycles. The summed E-state index contributed by atoms with van der Waals surface area (Å²) in [6.07, 6.45) is 2.88. The number of hydrogen-bond acceptors (Lipinski definition) is 4. The molecule has 1 aromatic heterocycles. The highest BCUT2D eigenvalue weighted by Gasteiger charge is 2.10. The fraction of sp³-hybridized carbons (Fsp3) is 0.357. The van der Waals surface area contributed by atoms with Gasteiger partial charge >= 0.3 is 0 Å². The molecule has 2 aromatic rings. The molecule has 0 atom stereocenters. The quantitative estimate of drug-likeness (QED) is 0.628. The van der Waals surface area contributed by atoms with Crippen LogP contribution in [0, 0.1) is 0 Å². The molecule has 0 saturated heterocycles. The standard InChI is InChI=1S/C14H18N4OS/c1-18(10-13-15-11-16-17-13)14(19)8-5-9-20-12-6-3-2-4-7-12/h2-4,6-7,11H,5,8-10H2,1H3,(H,15,16,17). The number of aromatic amines is 1. The molecule has 0 saturated carbocycles. The highest BCUT2D eigenvalue weighted by molar-refractivity contribution is 7.99. The Bertz CT molecular complexity index is 515. The minimum absolute atomic E-state index is 0.134. The zero-order valence-electron chi connectivity index (χ0n) is 11.5. The van der Waals surface area contributed by atoms with Crippen molar-refractivity contribution in [3.8, 4) is 0 Å². The average Bonchev–Trinajstić information content (AvgIpc) is 2.97. The molecular weight excluding hydrogens is 272 g/mol. The maximum Gasteiger partial charge on any atom is 0.222 e. The fourth-order valence-electron chi connectivity index (χ4n) is 1.74. The molecule has 1 aromatic carbocycles. The van der Waals surface area contributed by atoms with Gasteiger partial charge in [-0.25, -0.2) is 4.98 Å². The van der Waals surface area contributed by atoms with E-state index in [1.54, 1.807) is 23.7 Å². The van der Waals surface area contributed by atoms with Crippen LogP contribution in [0.25, 0.3) is 0 Å². The number of rotatable bonds is 7. The van der Waals surface area contributed by atoms with Crippen LogP contribution in [-0.4, -0.2) is 38.8 Å². The van der Waals surface area contributed by atoms with E-state index in [9.17, 15) is 4.79 Å². The first kappa shape index (κ1) is 14.6. The molecule has 1 N–H and O–H groups in total. The van der Waals surface area contributed by atoms with Crippen LogP contribution in [0.5, 0.6) is 0 Å². The van der Waals surface area contributed by atoms with E-state index in [0.717, 1.165) is 12.2 Å². The van der Waals surface area contributed by atoms with Crippen LogP contribution in [-0.2, 0) is 11.3 Å². The lowest BCUT2D eigenvalue weighted by Gasteiger charge is -2.15. The maximum atomic E-state index is 11.9. The Kier molecular flexibility index (Phi) is 5.61. The maximum absolute atomic E-state index is 11.9. The van der Waals surface area contributed by atoms with E-state index in [0.29, 0.717) is 18.8 Å². The van der Waals surface area contributed by atoms with Crippen molar-refractivity contribution in [2.45, 2.75) is 24.3 Å². The zero-order chi connectivity index (χ0) is 14.2. The first-order valence-electron chi connectivity index (χ1n) is 6.52. The number of hydrogen-bond donors (Lipinski definition) is 1. The summed E-state index contributed by atoms with van der Waals surface area (Å²) < 4.78 is 0. The predicted molar refractivity (Wildman–Crippen MR) is 79.3 cm³/mol. The summed E-state index contributed by atoms with van der Waals surface area (Å²) in [6, 6.07) is 10.2. The van der Waals surface area contributed by atoms with E-state index < -0.39 is 0 Å². The molecule has 5 nitrogen and oxygen atoms in total. The molecule has 0 radical (unpaired) electrons.